The largest absolute Gasteiger partial charge is 0.357 e. The van der Waals surface area contributed by atoms with Gasteiger partial charge in [0.2, 0.25) is 0 Å². The molecule has 1 N–H and O–H groups in total. The zero-order valence-electron chi connectivity index (χ0n) is 12.6. The fourth-order valence-corrected chi connectivity index (χ4v) is 2.13. The van der Waals surface area contributed by atoms with Crippen LogP contribution in [0.4, 0.5) is 5.82 Å². The summed E-state index contributed by atoms with van der Waals surface area (Å²) in [7, 11) is 4.11. The van der Waals surface area contributed by atoms with Crippen molar-refractivity contribution in [3.63, 3.8) is 0 Å². The van der Waals surface area contributed by atoms with Gasteiger partial charge in [0.25, 0.3) is 0 Å². The van der Waals surface area contributed by atoms with Crippen molar-refractivity contribution in [2.45, 2.75) is 46.2 Å². The van der Waals surface area contributed by atoms with Gasteiger partial charge in [-0.25, -0.2) is 4.98 Å². The third-order valence-electron chi connectivity index (χ3n) is 3.54. The van der Waals surface area contributed by atoms with E-state index in [4.69, 9.17) is 0 Å². The molecule has 102 valence electrons. The molecule has 0 spiro atoms. The molecule has 1 aromatic heterocycles. The third-order valence-corrected chi connectivity index (χ3v) is 3.54. The predicted octanol–water partition coefficient (Wildman–Crippen LogP) is 3.23. The Morgan fingerprint density at radius 2 is 1.94 bits per heavy atom. The van der Waals surface area contributed by atoms with Gasteiger partial charge < -0.3 is 10.2 Å². The van der Waals surface area contributed by atoms with Crippen LogP contribution < -0.4 is 10.2 Å². The maximum Gasteiger partial charge on any atom is 0.128 e. The smallest absolute Gasteiger partial charge is 0.128 e. The van der Waals surface area contributed by atoms with Gasteiger partial charge in [-0.15, -0.1) is 0 Å². The molecule has 0 saturated heterocycles. The summed E-state index contributed by atoms with van der Waals surface area (Å²) < 4.78 is 0. The summed E-state index contributed by atoms with van der Waals surface area (Å²) in [6.07, 6.45) is 3.08. The van der Waals surface area contributed by atoms with E-state index in [-0.39, 0.29) is 0 Å². The quantitative estimate of drug-likeness (QED) is 0.839. The van der Waals surface area contributed by atoms with Crippen LogP contribution in [-0.4, -0.2) is 25.1 Å². The molecular weight excluding hydrogens is 222 g/mol. The number of rotatable bonds is 6. The molecule has 2 atom stereocenters. The zero-order chi connectivity index (χ0) is 13.7. The van der Waals surface area contributed by atoms with Crippen molar-refractivity contribution in [1.29, 1.82) is 0 Å². The van der Waals surface area contributed by atoms with Crippen molar-refractivity contribution in [3.05, 3.63) is 23.9 Å². The summed E-state index contributed by atoms with van der Waals surface area (Å²) in [5.74, 6) is 1.77. The van der Waals surface area contributed by atoms with Gasteiger partial charge in [0.05, 0.1) is 0 Å². The summed E-state index contributed by atoms with van der Waals surface area (Å²) in [4.78, 5) is 6.75. The second-order valence-electron chi connectivity index (χ2n) is 5.55. The predicted molar refractivity (Wildman–Crippen MR) is 79.0 cm³/mol. The van der Waals surface area contributed by atoms with Gasteiger partial charge in [-0.05, 0) is 50.9 Å². The minimum atomic E-state index is 0.362. The minimum absolute atomic E-state index is 0.362. The molecule has 2 unspecified atom stereocenters. The van der Waals surface area contributed by atoms with Crippen molar-refractivity contribution in [2.75, 3.05) is 19.0 Å². The van der Waals surface area contributed by atoms with Crippen LogP contribution in [0.1, 0.15) is 45.7 Å². The number of pyridine rings is 1. The Labute approximate surface area is 112 Å². The fourth-order valence-electron chi connectivity index (χ4n) is 2.13. The average molecular weight is 249 g/mol. The molecule has 0 fully saturated rings. The second kappa shape index (κ2) is 6.74. The number of anilines is 1. The highest BCUT2D eigenvalue weighted by molar-refractivity contribution is 5.41. The third kappa shape index (κ3) is 3.98. The van der Waals surface area contributed by atoms with E-state index >= 15 is 0 Å². The fraction of sp³-hybridized carbons (Fsp3) is 0.667. The molecule has 3 heteroatoms. The maximum atomic E-state index is 4.48. The van der Waals surface area contributed by atoms with Crippen LogP contribution in [0.5, 0.6) is 0 Å². The van der Waals surface area contributed by atoms with Crippen molar-refractivity contribution >= 4 is 5.82 Å². The maximum absolute atomic E-state index is 4.48. The Bertz CT molecular complexity index is 363. The van der Waals surface area contributed by atoms with E-state index in [1.54, 1.807) is 0 Å². The monoisotopic (exact) mass is 249 g/mol. The Morgan fingerprint density at radius 3 is 2.50 bits per heavy atom. The topological polar surface area (TPSA) is 28.2 Å². The summed E-state index contributed by atoms with van der Waals surface area (Å²) in [6, 6.07) is 5.13. The highest BCUT2D eigenvalue weighted by Crippen LogP contribution is 2.20. The number of hydrogen-bond donors (Lipinski definition) is 1. The van der Waals surface area contributed by atoms with Gasteiger partial charge >= 0.3 is 0 Å². The molecule has 0 aromatic carbocycles. The van der Waals surface area contributed by atoms with E-state index < -0.39 is 0 Å². The lowest BCUT2D eigenvalue weighted by atomic mass is 10.0. The first-order valence-electron chi connectivity index (χ1n) is 6.81. The Morgan fingerprint density at radius 1 is 1.28 bits per heavy atom. The molecule has 1 aromatic rings. The molecule has 18 heavy (non-hydrogen) atoms. The highest BCUT2D eigenvalue weighted by atomic mass is 15.2. The van der Waals surface area contributed by atoms with Crippen molar-refractivity contribution < 1.29 is 0 Å². The molecule has 0 aliphatic rings. The minimum Gasteiger partial charge on any atom is -0.357 e. The molecular formula is C15H27N3. The van der Waals surface area contributed by atoms with Crippen LogP contribution in [0.2, 0.25) is 0 Å². The lowest BCUT2D eigenvalue weighted by Crippen LogP contribution is -2.31. The van der Waals surface area contributed by atoms with E-state index in [1.807, 2.05) is 13.2 Å². The molecule has 0 saturated carbocycles. The number of hydrogen-bond acceptors (Lipinski definition) is 3. The standard InChI is InChI=1S/C15H27N3/c1-11(2)9-12(3)18(6)15-10-14(7-8-17-15)13(4)16-5/h7-8,10-13,16H,9H2,1-6H3. The van der Waals surface area contributed by atoms with Gasteiger partial charge in [0, 0.05) is 25.3 Å². The van der Waals surface area contributed by atoms with Gasteiger partial charge in [0.15, 0.2) is 0 Å². The van der Waals surface area contributed by atoms with Crippen LogP contribution in [0, 0.1) is 5.92 Å². The Kier molecular flexibility index (Phi) is 5.60. The molecule has 3 nitrogen and oxygen atoms in total. The lowest BCUT2D eigenvalue weighted by molar-refractivity contribution is 0.502. The van der Waals surface area contributed by atoms with Crippen molar-refractivity contribution in [2.24, 2.45) is 5.92 Å². The van der Waals surface area contributed by atoms with E-state index in [1.165, 1.54) is 12.0 Å². The van der Waals surface area contributed by atoms with E-state index in [0.717, 1.165) is 5.82 Å². The lowest BCUT2D eigenvalue weighted by Gasteiger charge is -2.28. The van der Waals surface area contributed by atoms with Crippen molar-refractivity contribution in [3.8, 4) is 0 Å². The second-order valence-corrected chi connectivity index (χ2v) is 5.55. The van der Waals surface area contributed by atoms with E-state index in [9.17, 15) is 0 Å². The molecule has 1 heterocycles. The first-order valence-corrected chi connectivity index (χ1v) is 6.81. The van der Waals surface area contributed by atoms with Crippen molar-refractivity contribution in [1.82, 2.24) is 10.3 Å². The van der Waals surface area contributed by atoms with Gasteiger partial charge in [-0.3, -0.25) is 0 Å². The summed E-state index contributed by atoms with van der Waals surface area (Å²) >= 11 is 0. The molecule has 0 bridgehead atoms. The van der Waals surface area contributed by atoms with Crippen LogP contribution in [0.25, 0.3) is 0 Å². The molecule has 0 aliphatic heterocycles. The highest BCUT2D eigenvalue weighted by Gasteiger charge is 2.14. The summed E-state index contributed by atoms with van der Waals surface area (Å²) in [5, 5.41) is 3.26. The Balaban J connectivity index is 2.82. The summed E-state index contributed by atoms with van der Waals surface area (Å²) in [6.45, 7) is 8.95. The van der Waals surface area contributed by atoms with E-state index in [0.29, 0.717) is 18.0 Å². The first-order chi connectivity index (χ1) is 8.45. The number of aromatic nitrogens is 1. The van der Waals surface area contributed by atoms with E-state index in [2.05, 4.69) is 62.1 Å². The van der Waals surface area contributed by atoms with Crippen LogP contribution in [0.15, 0.2) is 18.3 Å². The molecule has 0 amide bonds. The van der Waals surface area contributed by atoms with Gasteiger partial charge in [-0.1, -0.05) is 13.8 Å². The summed E-state index contributed by atoms with van der Waals surface area (Å²) in [5.41, 5.74) is 1.28. The molecule has 0 aliphatic carbocycles. The SMILES string of the molecule is CNC(C)c1ccnc(N(C)C(C)CC(C)C)c1. The Hall–Kier alpha value is -1.09. The molecule has 1 rings (SSSR count). The van der Waals surface area contributed by atoms with Crippen LogP contribution >= 0.6 is 0 Å². The number of nitrogens with one attached hydrogen (secondary N) is 1. The average Bonchev–Trinajstić information content (AvgIpc) is 2.36. The zero-order valence-corrected chi connectivity index (χ0v) is 12.6. The van der Waals surface area contributed by atoms with Gasteiger partial charge in [0.1, 0.15) is 5.82 Å². The van der Waals surface area contributed by atoms with Crippen LogP contribution in [0.3, 0.4) is 0 Å². The molecule has 0 radical (unpaired) electrons. The number of nitrogens with zero attached hydrogens (tertiary/aromatic N) is 2. The first kappa shape index (κ1) is 15.0. The normalized spacial score (nSPS) is 14.6. The van der Waals surface area contributed by atoms with Gasteiger partial charge in [-0.2, -0.15) is 0 Å². The van der Waals surface area contributed by atoms with Crippen LogP contribution in [-0.2, 0) is 0 Å².